The Morgan fingerprint density at radius 2 is 1.74 bits per heavy atom. The lowest BCUT2D eigenvalue weighted by Gasteiger charge is -2.32. The van der Waals surface area contributed by atoms with E-state index in [1.807, 2.05) is 30.0 Å². The van der Waals surface area contributed by atoms with Crippen LogP contribution < -0.4 is 10.0 Å². The number of aliphatic hydroxyl groups excluding tert-OH is 1. The fourth-order valence-corrected chi connectivity index (χ4v) is 7.06. The van der Waals surface area contributed by atoms with Gasteiger partial charge in [0.05, 0.1) is 4.90 Å². The van der Waals surface area contributed by atoms with E-state index in [2.05, 4.69) is 17.0 Å². The summed E-state index contributed by atoms with van der Waals surface area (Å²) in [5, 5.41) is 15.8. The number of rotatable bonds is 8. The monoisotopic (exact) mass is 501 g/mol. The van der Waals surface area contributed by atoms with Crippen LogP contribution in [0.2, 0.25) is 0 Å². The SMILES string of the molecule is CCCC(=O)N1CCC(NS(=O)(=O)c2cccc3c(C(O)NC4CCCCC4C)cccc23)CC1. The summed E-state index contributed by atoms with van der Waals surface area (Å²) in [5.41, 5.74) is 0.695. The molecule has 7 nitrogen and oxygen atoms in total. The highest BCUT2D eigenvalue weighted by molar-refractivity contribution is 7.89. The topological polar surface area (TPSA) is 98.7 Å². The van der Waals surface area contributed by atoms with Crippen molar-refractivity contribution in [1.82, 2.24) is 14.9 Å². The van der Waals surface area contributed by atoms with Crippen molar-refractivity contribution in [3.05, 3.63) is 42.0 Å². The van der Waals surface area contributed by atoms with Crippen LogP contribution in [0.5, 0.6) is 0 Å². The van der Waals surface area contributed by atoms with Crippen LogP contribution in [0.3, 0.4) is 0 Å². The number of aliphatic hydroxyl groups is 1. The van der Waals surface area contributed by atoms with Gasteiger partial charge >= 0.3 is 0 Å². The van der Waals surface area contributed by atoms with Crippen molar-refractivity contribution >= 4 is 26.7 Å². The minimum atomic E-state index is -3.77. The molecule has 0 spiro atoms. The van der Waals surface area contributed by atoms with Gasteiger partial charge in [-0.25, -0.2) is 13.1 Å². The maximum atomic E-state index is 13.4. The summed E-state index contributed by atoms with van der Waals surface area (Å²) in [6, 6.07) is 10.7. The minimum Gasteiger partial charge on any atom is -0.374 e. The van der Waals surface area contributed by atoms with Gasteiger partial charge in [-0.05, 0) is 49.5 Å². The van der Waals surface area contributed by atoms with Gasteiger partial charge in [-0.3, -0.25) is 10.1 Å². The molecule has 8 heteroatoms. The molecule has 1 aliphatic carbocycles. The molecule has 0 aromatic heterocycles. The smallest absolute Gasteiger partial charge is 0.241 e. The molecule has 3 N–H and O–H groups in total. The Kier molecular flexibility index (Phi) is 8.47. The second kappa shape index (κ2) is 11.4. The van der Waals surface area contributed by atoms with Crippen molar-refractivity contribution in [1.29, 1.82) is 0 Å². The molecule has 1 aliphatic heterocycles. The zero-order valence-corrected chi connectivity index (χ0v) is 21.7. The number of nitrogens with one attached hydrogen (secondary N) is 2. The number of nitrogens with zero attached hydrogens (tertiary/aromatic N) is 1. The number of hydrogen-bond donors (Lipinski definition) is 3. The number of benzene rings is 2. The van der Waals surface area contributed by atoms with Gasteiger partial charge in [-0.15, -0.1) is 0 Å². The van der Waals surface area contributed by atoms with Gasteiger partial charge in [0.25, 0.3) is 0 Å². The molecule has 1 saturated carbocycles. The van der Waals surface area contributed by atoms with E-state index in [-0.39, 0.29) is 22.9 Å². The van der Waals surface area contributed by atoms with Gasteiger partial charge in [0.1, 0.15) is 6.23 Å². The molecule has 192 valence electrons. The molecule has 35 heavy (non-hydrogen) atoms. The van der Waals surface area contributed by atoms with Gasteiger partial charge in [-0.1, -0.05) is 57.0 Å². The van der Waals surface area contributed by atoms with Crippen molar-refractivity contribution in [2.75, 3.05) is 13.1 Å². The number of piperidine rings is 1. The average Bonchev–Trinajstić information content (AvgIpc) is 2.85. The molecule has 2 fully saturated rings. The molecule has 2 aromatic rings. The quantitative estimate of drug-likeness (QED) is 0.474. The summed E-state index contributed by atoms with van der Waals surface area (Å²) in [6.45, 7) is 5.35. The lowest BCUT2D eigenvalue weighted by atomic mass is 9.85. The van der Waals surface area contributed by atoms with Crippen LogP contribution in [0.25, 0.3) is 10.8 Å². The fraction of sp³-hybridized carbons (Fsp3) is 0.593. The van der Waals surface area contributed by atoms with Gasteiger partial charge in [0.15, 0.2) is 0 Å². The third-order valence-corrected chi connectivity index (χ3v) is 9.20. The van der Waals surface area contributed by atoms with Gasteiger partial charge < -0.3 is 10.0 Å². The van der Waals surface area contributed by atoms with E-state index in [1.54, 1.807) is 18.2 Å². The second-order valence-corrected chi connectivity index (χ2v) is 11.8. The van der Waals surface area contributed by atoms with E-state index < -0.39 is 16.3 Å². The van der Waals surface area contributed by atoms with E-state index >= 15 is 0 Å². The first-order chi connectivity index (χ1) is 16.8. The molecule has 3 atom stereocenters. The third-order valence-electron chi connectivity index (χ3n) is 7.62. The van der Waals surface area contributed by atoms with Crippen molar-refractivity contribution in [3.8, 4) is 0 Å². The van der Waals surface area contributed by atoms with E-state index in [1.165, 1.54) is 6.42 Å². The number of hydrogen-bond acceptors (Lipinski definition) is 5. The zero-order chi connectivity index (χ0) is 25.0. The standard InChI is InChI=1S/C27H39N3O4S/c1-3-8-26(31)30-17-15-20(16-18-30)29-35(33,34)25-14-7-10-21-22(25)11-6-12-23(21)27(32)28-24-13-5-4-9-19(24)2/h6-7,10-12,14,19-20,24,27-29,32H,3-5,8-9,13,15-18H2,1-2H3. The lowest BCUT2D eigenvalue weighted by Crippen LogP contribution is -2.46. The molecule has 2 aromatic carbocycles. The summed E-state index contributed by atoms with van der Waals surface area (Å²) < 4.78 is 29.7. The molecule has 1 amide bonds. The second-order valence-electron chi connectivity index (χ2n) is 10.2. The molecule has 0 radical (unpaired) electrons. The number of amides is 1. The van der Waals surface area contributed by atoms with Crippen LogP contribution in [0, 0.1) is 5.92 Å². The fourth-order valence-electron chi connectivity index (χ4n) is 5.54. The van der Waals surface area contributed by atoms with E-state index in [9.17, 15) is 18.3 Å². The summed E-state index contributed by atoms with van der Waals surface area (Å²) in [4.78, 5) is 14.2. The Labute approximate surface area is 209 Å². The predicted octanol–water partition coefficient (Wildman–Crippen LogP) is 4.07. The predicted molar refractivity (Wildman–Crippen MR) is 138 cm³/mol. The van der Waals surface area contributed by atoms with Gasteiger partial charge in [0.2, 0.25) is 15.9 Å². The van der Waals surface area contributed by atoms with Crippen LogP contribution in [0.15, 0.2) is 41.3 Å². The first-order valence-corrected chi connectivity index (χ1v) is 14.5. The molecular weight excluding hydrogens is 462 g/mol. The lowest BCUT2D eigenvalue weighted by molar-refractivity contribution is -0.132. The van der Waals surface area contributed by atoms with Crippen LogP contribution in [-0.4, -0.2) is 49.5 Å². The maximum Gasteiger partial charge on any atom is 0.241 e. The van der Waals surface area contributed by atoms with Gasteiger partial charge in [-0.2, -0.15) is 0 Å². The van der Waals surface area contributed by atoms with Crippen molar-refractivity contribution in [2.45, 2.75) is 88.4 Å². The molecule has 1 heterocycles. The van der Waals surface area contributed by atoms with E-state index in [0.29, 0.717) is 49.2 Å². The van der Waals surface area contributed by atoms with E-state index in [4.69, 9.17) is 0 Å². The minimum absolute atomic E-state index is 0.144. The molecule has 3 unspecified atom stereocenters. The molecular formula is C27H39N3O4S. The van der Waals surface area contributed by atoms with Crippen molar-refractivity contribution < 1.29 is 18.3 Å². The van der Waals surface area contributed by atoms with Gasteiger partial charge in [0, 0.05) is 42.5 Å². The van der Waals surface area contributed by atoms with Crippen LogP contribution in [0.1, 0.15) is 77.0 Å². The number of likely N-dealkylation sites (tertiary alicyclic amines) is 1. The summed E-state index contributed by atoms with van der Waals surface area (Å²) in [5.74, 6) is 0.641. The third kappa shape index (κ3) is 6.05. The Bertz CT molecular complexity index is 1130. The molecule has 2 aliphatic rings. The van der Waals surface area contributed by atoms with Crippen LogP contribution in [-0.2, 0) is 14.8 Å². The van der Waals surface area contributed by atoms with Crippen LogP contribution >= 0.6 is 0 Å². The first-order valence-electron chi connectivity index (χ1n) is 13.1. The number of sulfonamides is 1. The summed E-state index contributed by atoms with van der Waals surface area (Å²) in [6.07, 6.45) is 6.28. The highest BCUT2D eigenvalue weighted by Crippen LogP contribution is 2.31. The van der Waals surface area contributed by atoms with Crippen molar-refractivity contribution in [2.24, 2.45) is 5.92 Å². The van der Waals surface area contributed by atoms with E-state index in [0.717, 1.165) is 31.1 Å². The average molecular weight is 502 g/mol. The Balaban J connectivity index is 1.51. The largest absolute Gasteiger partial charge is 0.374 e. The highest BCUT2D eigenvalue weighted by Gasteiger charge is 2.28. The highest BCUT2D eigenvalue weighted by atomic mass is 32.2. The Morgan fingerprint density at radius 3 is 2.46 bits per heavy atom. The molecule has 0 bridgehead atoms. The zero-order valence-electron chi connectivity index (χ0n) is 20.9. The maximum absolute atomic E-state index is 13.4. The molecule has 4 rings (SSSR count). The molecule has 1 saturated heterocycles. The number of fused-ring (bicyclic) bond motifs is 1. The summed E-state index contributed by atoms with van der Waals surface area (Å²) >= 11 is 0. The van der Waals surface area contributed by atoms with Crippen molar-refractivity contribution in [3.63, 3.8) is 0 Å². The number of carbonyl (C=O) groups excluding carboxylic acids is 1. The first kappa shape index (κ1) is 26.1. The van der Waals surface area contributed by atoms with Crippen LogP contribution in [0.4, 0.5) is 0 Å². The Morgan fingerprint density at radius 1 is 1.06 bits per heavy atom. The normalized spacial score (nSPS) is 22.9. The number of carbonyl (C=O) groups is 1. The Hall–Kier alpha value is -2.00. The summed E-state index contributed by atoms with van der Waals surface area (Å²) in [7, 11) is -3.77.